The molecule has 0 aliphatic rings. The Morgan fingerprint density at radius 2 is 1.41 bits per heavy atom. The van der Waals surface area contributed by atoms with E-state index in [4.69, 9.17) is 4.28 Å². The van der Waals surface area contributed by atoms with Crippen LogP contribution >= 0.6 is 0 Å². The van der Waals surface area contributed by atoms with Gasteiger partial charge in [0, 0.05) is 5.56 Å². The number of unbranched alkanes of at least 4 members (excludes halogenated alkanes) is 9. The van der Waals surface area contributed by atoms with Gasteiger partial charge in [0.2, 0.25) is 0 Å². The Labute approximate surface area is 193 Å². The van der Waals surface area contributed by atoms with Crippen molar-refractivity contribution in [2.75, 3.05) is 0 Å². The Balaban J connectivity index is 1.75. The molecule has 0 aliphatic heterocycles. The summed E-state index contributed by atoms with van der Waals surface area (Å²) in [6.07, 6.45) is 13.9. The number of benzene rings is 2. The molecule has 0 bridgehead atoms. The molecule has 0 amide bonds. The summed E-state index contributed by atoms with van der Waals surface area (Å²) in [5, 5.41) is 12.8. The zero-order valence-electron chi connectivity index (χ0n) is 19.0. The van der Waals surface area contributed by atoms with E-state index in [2.05, 4.69) is 12.1 Å². The van der Waals surface area contributed by atoms with Crippen LogP contribution in [0.5, 0.6) is 0 Å². The van der Waals surface area contributed by atoms with E-state index >= 15 is 0 Å². The molecule has 5 nitrogen and oxygen atoms in total. The van der Waals surface area contributed by atoms with E-state index in [-0.39, 0.29) is 10.6 Å². The zero-order chi connectivity index (χ0) is 23.1. The number of nitrogens with zero attached hydrogens (tertiary/aromatic N) is 2. The van der Waals surface area contributed by atoms with Crippen LogP contribution in [0, 0.1) is 11.3 Å². The molecule has 6 heteroatoms. The lowest BCUT2D eigenvalue weighted by molar-refractivity contribution is 0.339. The van der Waals surface area contributed by atoms with Gasteiger partial charge >= 0.3 is 10.1 Å². The highest BCUT2D eigenvalue weighted by Gasteiger charge is 2.16. The second kappa shape index (κ2) is 14.4. The van der Waals surface area contributed by atoms with Gasteiger partial charge in [0.1, 0.15) is 11.0 Å². The third-order valence-corrected chi connectivity index (χ3v) is 6.53. The SMILES string of the molecule is CCCCCCCCCCCCc1ccc(S(=O)(=O)O/N=C(\C#N)c2ccccc2)cc1. The van der Waals surface area contributed by atoms with Gasteiger partial charge in [-0.05, 0) is 30.5 Å². The minimum Gasteiger partial charge on any atom is -0.263 e. The van der Waals surface area contributed by atoms with Crippen LogP contribution < -0.4 is 0 Å². The van der Waals surface area contributed by atoms with Crippen molar-refractivity contribution in [1.29, 1.82) is 5.26 Å². The molecular formula is C26H34N2O3S. The third-order valence-electron chi connectivity index (χ3n) is 5.41. The van der Waals surface area contributed by atoms with Gasteiger partial charge < -0.3 is 0 Å². The second-order valence-corrected chi connectivity index (χ2v) is 9.55. The lowest BCUT2D eigenvalue weighted by atomic mass is 10.0. The predicted molar refractivity (Wildman–Crippen MR) is 129 cm³/mol. The van der Waals surface area contributed by atoms with Gasteiger partial charge in [-0.2, -0.15) is 13.7 Å². The quantitative estimate of drug-likeness (QED) is 0.169. The normalized spacial score (nSPS) is 11.8. The van der Waals surface area contributed by atoms with Gasteiger partial charge in [-0.1, -0.05) is 112 Å². The molecule has 0 fully saturated rings. The fourth-order valence-electron chi connectivity index (χ4n) is 3.50. The summed E-state index contributed by atoms with van der Waals surface area (Å²) in [6, 6.07) is 17.2. The van der Waals surface area contributed by atoms with Gasteiger partial charge in [-0.15, -0.1) is 0 Å². The molecule has 0 unspecified atom stereocenters. The molecule has 2 rings (SSSR count). The topological polar surface area (TPSA) is 79.5 Å². The third kappa shape index (κ3) is 9.23. The van der Waals surface area contributed by atoms with Crippen LogP contribution in [0.3, 0.4) is 0 Å². The lowest BCUT2D eigenvalue weighted by Crippen LogP contribution is -2.06. The lowest BCUT2D eigenvalue weighted by Gasteiger charge is -2.05. The molecule has 0 saturated heterocycles. The maximum atomic E-state index is 12.4. The smallest absolute Gasteiger partial charge is 0.263 e. The first-order valence-electron chi connectivity index (χ1n) is 11.6. The van der Waals surface area contributed by atoms with Gasteiger partial charge in [0.15, 0.2) is 5.71 Å². The molecule has 0 radical (unpaired) electrons. The number of aryl methyl sites for hydroxylation is 1. The second-order valence-electron chi connectivity index (χ2n) is 8.02. The van der Waals surface area contributed by atoms with E-state index in [0.717, 1.165) is 18.4 Å². The van der Waals surface area contributed by atoms with Gasteiger partial charge in [-0.25, -0.2) is 0 Å². The zero-order valence-corrected chi connectivity index (χ0v) is 19.8. The Kier molecular flexibility index (Phi) is 11.5. The van der Waals surface area contributed by atoms with E-state index in [1.165, 1.54) is 69.9 Å². The average Bonchev–Trinajstić information content (AvgIpc) is 2.81. The molecular weight excluding hydrogens is 420 g/mol. The molecule has 172 valence electrons. The number of nitriles is 1. The van der Waals surface area contributed by atoms with Crippen LogP contribution in [0.15, 0.2) is 64.6 Å². The monoisotopic (exact) mass is 454 g/mol. The van der Waals surface area contributed by atoms with Crippen LogP contribution in [0.4, 0.5) is 0 Å². The van der Waals surface area contributed by atoms with Crippen LogP contribution in [0.25, 0.3) is 0 Å². The van der Waals surface area contributed by atoms with Crippen molar-refractivity contribution in [1.82, 2.24) is 0 Å². The Morgan fingerprint density at radius 1 is 0.844 bits per heavy atom. The first kappa shape index (κ1) is 25.6. The van der Waals surface area contributed by atoms with Gasteiger partial charge in [-0.3, -0.25) is 4.28 Å². The van der Waals surface area contributed by atoms with Crippen molar-refractivity contribution in [2.24, 2.45) is 5.16 Å². The van der Waals surface area contributed by atoms with Crippen LogP contribution in [-0.2, 0) is 20.8 Å². The summed E-state index contributed by atoms with van der Waals surface area (Å²) in [5.74, 6) is 0. The molecule has 0 N–H and O–H groups in total. The minimum atomic E-state index is -4.07. The fraction of sp³-hybridized carbons (Fsp3) is 0.462. The summed E-state index contributed by atoms with van der Waals surface area (Å²) < 4.78 is 29.6. The van der Waals surface area contributed by atoms with Gasteiger partial charge in [0.25, 0.3) is 0 Å². The summed E-state index contributed by atoms with van der Waals surface area (Å²) in [4.78, 5) is 0.0263. The summed E-state index contributed by atoms with van der Waals surface area (Å²) in [5.41, 5.74) is 1.51. The van der Waals surface area contributed by atoms with E-state index in [1.807, 2.05) is 18.2 Å². The van der Waals surface area contributed by atoms with E-state index in [9.17, 15) is 13.7 Å². The number of hydrogen-bond donors (Lipinski definition) is 0. The van der Waals surface area contributed by atoms with Crippen molar-refractivity contribution in [2.45, 2.75) is 82.4 Å². The van der Waals surface area contributed by atoms with Crippen molar-refractivity contribution < 1.29 is 12.7 Å². The van der Waals surface area contributed by atoms with Crippen LogP contribution in [-0.4, -0.2) is 14.1 Å². The molecule has 2 aromatic rings. The number of rotatable bonds is 15. The highest BCUT2D eigenvalue weighted by molar-refractivity contribution is 7.86. The Bertz CT molecular complexity index is 962. The van der Waals surface area contributed by atoms with Crippen LogP contribution in [0.2, 0.25) is 0 Å². The van der Waals surface area contributed by atoms with E-state index < -0.39 is 10.1 Å². The first-order chi connectivity index (χ1) is 15.6. The van der Waals surface area contributed by atoms with Crippen molar-refractivity contribution >= 4 is 15.8 Å². The average molecular weight is 455 g/mol. The predicted octanol–water partition coefficient (Wildman–Crippen LogP) is 6.78. The number of oxime groups is 1. The molecule has 32 heavy (non-hydrogen) atoms. The minimum absolute atomic E-state index is 0.0263. The van der Waals surface area contributed by atoms with Crippen molar-refractivity contribution in [3.8, 4) is 6.07 Å². The molecule has 0 atom stereocenters. The highest BCUT2D eigenvalue weighted by atomic mass is 32.2. The summed E-state index contributed by atoms with van der Waals surface area (Å²) in [7, 11) is -4.07. The summed E-state index contributed by atoms with van der Waals surface area (Å²) in [6.45, 7) is 2.24. The molecule has 0 saturated carbocycles. The maximum absolute atomic E-state index is 12.4. The highest BCUT2D eigenvalue weighted by Crippen LogP contribution is 2.17. The fourth-order valence-corrected chi connectivity index (χ4v) is 4.23. The molecule has 2 aromatic carbocycles. The Hall–Kier alpha value is -2.65. The van der Waals surface area contributed by atoms with Crippen molar-refractivity contribution in [3.63, 3.8) is 0 Å². The molecule has 0 aromatic heterocycles. The van der Waals surface area contributed by atoms with Crippen molar-refractivity contribution in [3.05, 3.63) is 65.7 Å². The standard InChI is InChI=1S/C26H34N2O3S/c1-2-3-4-5-6-7-8-9-10-12-15-23-18-20-25(21-19-23)32(29,30)31-28-26(22-27)24-16-13-11-14-17-24/h11,13-14,16-21H,2-10,12,15H2,1H3/b28-26+. The summed E-state index contributed by atoms with van der Waals surface area (Å²) >= 11 is 0. The molecule has 0 heterocycles. The first-order valence-corrected chi connectivity index (χ1v) is 13.0. The van der Waals surface area contributed by atoms with E-state index in [1.54, 1.807) is 30.3 Å². The number of hydrogen-bond acceptors (Lipinski definition) is 5. The van der Waals surface area contributed by atoms with E-state index in [0.29, 0.717) is 5.56 Å². The molecule has 0 spiro atoms. The van der Waals surface area contributed by atoms with Gasteiger partial charge in [0.05, 0.1) is 0 Å². The largest absolute Gasteiger partial charge is 0.358 e. The molecule has 0 aliphatic carbocycles. The van der Waals surface area contributed by atoms with Crippen LogP contribution in [0.1, 0.15) is 82.3 Å². The maximum Gasteiger partial charge on any atom is 0.358 e. The Morgan fingerprint density at radius 3 is 1.97 bits per heavy atom.